The van der Waals surface area contributed by atoms with Crippen molar-refractivity contribution in [2.45, 2.75) is 26.0 Å². The number of Topliss-reactive ketones (excluding diaryl/α,β-unsaturated/α-hetero) is 1. The van der Waals surface area contributed by atoms with Gasteiger partial charge >= 0.3 is 0 Å². The van der Waals surface area contributed by atoms with Crippen LogP contribution in [0.5, 0.6) is 5.75 Å². The molecule has 0 spiro atoms. The van der Waals surface area contributed by atoms with Crippen LogP contribution in [0.25, 0.3) is 0 Å². The largest absolute Gasteiger partial charge is 0.489 e. The summed E-state index contributed by atoms with van der Waals surface area (Å²) in [5.41, 5.74) is 12.5. The van der Waals surface area contributed by atoms with Gasteiger partial charge in [0.2, 0.25) is 0 Å². The second-order valence-electron chi connectivity index (χ2n) is 5.01. The zero-order chi connectivity index (χ0) is 16.2. The zero-order valence-corrected chi connectivity index (χ0v) is 13.1. The minimum atomic E-state index is -0.534. The van der Waals surface area contributed by atoms with Crippen LogP contribution in [-0.4, -0.2) is 45.0 Å². The molecular weight excluding hydrogens is 284 g/mol. The lowest BCUT2D eigenvalue weighted by atomic mass is 10.1. The number of aryl methyl sites for hydroxylation is 1. The summed E-state index contributed by atoms with van der Waals surface area (Å²) in [6.07, 6.45) is 1.35. The Kier molecular flexibility index (Phi) is 9.41. The van der Waals surface area contributed by atoms with Gasteiger partial charge in [0.25, 0.3) is 0 Å². The summed E-state index contributed by atoms with van der Waals surface area (Å²) in [6.45, 7) is 3.17. The van der Waals surface area contributed by atoms with Crippen molar-refractivity contribution >= 4 is 5.78 Å². The molecule has 6 nitrogen and oxygen atoms in total. The Morgan fingerprint density at radius 1 is 1.32 bits per heavy atom. The third-order valence-electron chi connectivity index (χ3n) is 2.85. The van der Waals surface area contributed by atoms with Crippen molar-refractivity contribution in [2.24, 2.45) is 11.5 Å². The molecule has 1 atom stereocenters. The lowest BCUT2D eigenvalue weighted by molar-refractivity contribution is -0.122. The van der Waals surface area contributed by atoms with Crippen LogP contribution in [0.1, 0.15) is 18.9 Å². The highest BCUT2D eigenvalue weighted by Crippen LogP contribution is 2.14. The smallest absolute Gasteiger partial charge is 0.155 e. The molecule has 0 aliphatic rings. The molecule has 0 saturated heterocycles. The molecule has 22 heavy (non-hydrogen) atoms. The van der Waals surface area contributed by atoms with E-state index in [0.717, 1.165) is 18.6 Å². The van der Waals surface area contributed by atoms with Crippen LogP contribution in [0.2, 0.25) is 0 Å². The van der Waals surface area contributed by atoms with E-state index in [0.29, 0.717) is 19.8 Å². The van der Waals surface area contributed by atoms with E-state index in [1.165, 1.54) is 12.5 Å². The van der Waals surface area contributed by atoms with Gasteiger partial charge in [0.1, 0.15) is 25.2 Å². The molecule has 0 radical (unpaired) electrons. The van der Waals surface area contributed by atoms with Crippen LogP contribution in [0.15, 0.2) is 24.3 Å². The highest BCUT2D eigenvalue weighted by atomic mass is 16.6. The number of carbonyl (C=O) groups is 1. The van der Waals surface area contributed by atoms with Crippen LogP contribution in [0.4, 0.5) is 0 Å². The highest BCUT2D eigenvalue weighted by Gasteiger charge is 2.05. The van der Waals surface area contributed by atoms with Gasteiger partial charge in [-0.3, -0.25) is 4.79 Å². The Morgan fingerprint density at radius 3 is 2.86 bits per heavy atom. The zero-order valence-electron chi connectivity index (χ0n) is 13.1. The third kappa shape index (κ3) is 8.74. The fourth-order valence-electron chi connectivity index (χ4n) is 1.80. The van der Waals surface area contributed by atoms with Gasteiger partial charge in [0.05, 0.1) is 13.2 Å². The van der Waals surface area contributed by atoms with Crippen molar-refractivity contribution in [3.8, 4) is 5.75 Å². The SMILES string of the molecule is CC(=O)COCCOC(N)COc1cccc(CCCN)c1. The highest BCUT2D eigenvalue weighted by molar-refractivity contribution is 5.76. The van der Waals surface area contributed by atoms with Gasteiger partial charge in [0.15, 0.2) is 5.78 Å². The molecule has 1 unspecified atom stereocenters. The molecule has 0 saturated carbocycles. The molecular formula is C16H26N2O4. The lowest BCUT2D eigenvalue weighted by Crippen LogP contribution is -2.32. The van der Waals surface area contributed by atoms with Crippen molar-refractivity contribution in [1.82, 2.24) is 0 Å². The van der Waals surface area contributed by atoms with Gasteiger partial charge in [-0.15, -0.1) is 0 Å². The molecule has 0 aliphatic carbocycles. The lowest BCUT2D eigenvalue weighted by Gasteiger charge is -2.14. The van der Waals surface area contributed by atoms with E-state index in [1.54, 1.807) is 0 Å². The van der Waals surface area contributed by atoms with E-state index in [4.69, 9.17) is 25.7 Å². The maximum absolute atomic E-state index is 10.7. The number of ether oxygens (including phenoxy) is 3. The Labute approximate surface area is 131 Å². The predicted molar refractivity (Wildman–Crippen MR) is 84.7 cm³/mol. The van der Waals surface area contributed by atoms with Gasteiger partial charge in [-0.25, -0.2) is 0 Å². The van der Waals surface area contributed by atoms with Crippen LogP contribution in [0.3, 0.4) is 0 Å². The van der Waals surface area contributed by atoms with Crippen molar-refractivity contribution in [1.29, 1.82) is 0 Å². The molecule has 4 N–H and O–H groups in total. The Balaban J connectivity index is 2.20. The monoisotopic (exact) mass is 310 g/mol. The van der Waals surface area contributed by atoms with Crippen molar-refractivity contribution < 1.29 is 19.0 Å². The molecule has 1 aromatic rings. The van der Waals surface area contributed by atoms with E-state index in [1.807, 2.05) is 24.3 Å². The van der Waals surface area contributed by atoms with Crippen LogP contribution >= 0.6 is 0 Å². The number of benzene rings is 1. The van der Waals surface area contributed by atoms with Crippen LogP contribution < -0.4 is 16.2 Å². The summed E-state index contributed by atoms with van der Waals surface area (Å²) in [7, 11) is 0. The van der Waals surface area contributed by atoms with Gasteiger partial charge < -0.3 is 25.7 Å². The normalized spacial score (nSPS) is 12.1. The number of hydrogen-bond donors (Lipinski definition) is 2. The van der Waals surface area contributed by atoms with Gasteiger partial charge in [-0.05, 0) is 44.0 Å². The fourth-order valence-corrected chi connectivity index (χ4v) is 1.80. The molecule has 0 heterocycles. The summed E-state index contributed by atoms with van der Waals surface area (Å²) in [4.78, 5) is 10.7. The quantitative estimate of drug-likeness (QED) is 0.439. The summed E-state index contributed by atoms with van der Waals surface area (Å²) in [5.74, 6) is 0.753. The number of hydrogen-bond acceptors (Lipinski definition) is 6. The average Bonchev–Trinajstić information content (AvgIpc) is 2.50. The molecule has 0 fully saturated rings. The van der Waals surface area contributed by atoms with Crippen LogP contribution in [0, 0.1) is 0 Å². The number of carbonyl (C=O) groups excluding carboxylic acids is 1. The second kappa shape index (κ2) is 11.1. The van der Waals surface area contributed by atoms with E-state index in [-0.39, 0.29) is 19.0 Å². The fraction of sp³-hybridized carbons (Fsp3) is 0.562. The predicted octanol–water partition coefficient (Wildman–Crippen LogP) is 0.864. The molecule has 0 amide bonds. The first kappa shape index (κ1) is 18.6. The third-order valence-corrected chi connectivity index (χ3v) is 2.85. The second-order valence-corrected chi connectivity index (χ2v) is 5.01. The summed E-state index contributed by atoms with van der Waals surface area (Å²) < 4.78 is 16.0. The van der Waals surface area contributed by atoms with Crippen LogP contribution in [-0.2, 0) is 20.7 Å². The van der Waals surface area contributed by atoms with E-state index in [2.05, 4.69) is 0 Å². The van der Waals surface area contributed by atoms with E-state index in [9.17, 15) is 4.79 Å². The van der Waals surface area contributed by atoms with Crippen molar-refractivity contribution in [3.05, 3.63) is 29.8 Å². The first-order chi connectivity index (χ1) is 10.6. The standard InChI is InChI=1S/C16H26N2O4/c1-13(19)11-20-8-9-21-16(18)12-22-15-6-2-4-14(10-15)5-3-7-17/h2,4,6,10,16H,3,5,7-9,11-12,17-18H2,1H3. The summed E-state index contributed by atoms with van der Waals surface area (Å²) >= 11 is 0. The van der Waals surface area contributed by atoms with Crippen molar-refractivity contribution in [3.63, 3.8) is 0 Å². The molecule has 0 aliphatic heterocycles. The first-order valence-corrected chi connectivity index (χ1v) is 7.48. The van der Waals surface area contributed by atoms with E-state index >= 15 is 0 Å². The Hall–Kier alpha value is -1.47. The summed E-state index contributed by atoms with van der Waals surface area (Å²) in [6, 6.07) is 7.86. The first-order valence-electron chi connectivity index (χ1n) is 7.48. The molecule has 1 rings (SSSR count). The Bertz CT molecular complexity index is 440. The average molecular weight is 310 g/mol. The number of nitrogens with two attached hydrogens (primary N) is 2. The Morgan fingerprint density at radius 2 is 2.14 bits per heavy atom. The van der Waals surface area contributed by atoms with Gasteiger partial charge in [-0.1, -0.05) is 12.1 Å². The van der Waals surface area contributed by atoms with Gasteiger partial charge in [-0.2, -0.15) is 0 Å². The van der Waals surface area contributed by atoms with Crippen molar-refractivity contribution in [2.75, 3.05) is 33.0 Å². The number of ketones is 1. The number of rotatable bonds is 12. The molecule has 0 aromatic heterocycles. The minimum absolute atomic E-state index is 0.0119. The molecule has 124 valence electrons. The topological polar surface area (TPSA) is 96.8 Å². The minimum Gasteiger partial charge on any atom is -0.489 e. The molecule has 1 aromatic carbocycles. The van der Waals surface area contributed by atoms with Gasteiger partial charge in [0, 0.05) is 0 Å². The maximum Gasteiger partial charge on any atom is 0.155 e. The summed E-state index contributed by atoms with van der Waals surface area (Å²) in [5, 5.41) is 0. The molecule has 0 bridgehead atoms. The maximum atomic E-state index is 10.7. The molecule has 6 heteroatoms. The van der Waals surface area contributed by atoms with E-state index < -0.39 is 6.23 Å².